The summed E-state index contributed by atoms with van der Waals surface area (Å²) >= 11 is 5.92. The van der Waals surface area contributed by atoms with Crippen molar-refractivity contribution >= 4 is 24.2 Å². The van der Waals surface area contributed by atoms with Crippen LogP contribution in [0.4, 0.5) is 4.39 Å². The van der Waals surface area contributed by atoms with Gasteiger partial charge in [-0.25, -0.2) is 4.39 Å². The second-order valence-corrected chi connectivity index (χ2v) is 4.67. The van der Waals surface area contributed by atoms with Crippen molar-refractivity contribution in [1.29, 1.82) is 0 Å². The van der Waals surface area contributed by atoms with E-state index >= 15 is 0 Å². The smallest absolute Gasteiger partial charge is 0.490 e. The van der Waals surface area contributed by atoms with E-state index in [1.165, 1.54) is 6.07 Å². The molecule has 0 unspecified atom stereocenters. The molecule has 0 saturated carbocycles. The van der Waals surface area contributed by atoms with Crippen molar-refractivity contribution in [2.45, 2.75) is 6.61 Å². The van der Waals surface area contributed by atoms with Gasteiger partial charge in [-0.15, -0.1) is 0 Å². The lowest BCUT2D eigenvalue weighted by atomic mass is 9.80. The molecule has 0 saturated heterocycles. The number of halogens is 2. The van der Waals surface area contributed by atoms with E-state index in [4.69, 9.17) is 31.1 Å². The Hall–Kier alpha value is -1.76. The third-order valence-electron chi connectivity index (χ3n) is 2.90. The molecule has 0 radical (unpaired) electrons. The molecular formula is C14H13BClFO4. The Balaban J connectivity index is 2.17. The lowest BCUT2D eigenvalue weighted by Gasteiger charge is -2.12. The van der Waals surface area contributed by atoms with Gasteiger partial charge in [0.25, 0.3) is 0 Å². The molecular weight excluding hydrogens is 297 g/mol. The highest BCUT2D eigenvalue weighted by molar-refractivity contribution is 6.63. The fourth-order valence-electron chi connectivity index (χ4n) is 1.76. The summed E-state index contributed by atoms with van der Waals surface area (Å²) in [5.41, 5.74) is 0.781. The third-order valence-corrected chi connectivity index (χ3v) is 3.29. The van der Waals surface area contributed by atoms with E-state index in [0.29, 0.717) is 5.75 Å². The van der Waals surface area contributed by atoms with Crippen molar-refractivity contribution in [1.82, 2.24) is 0 Å². The molecule has 0 fully saturated rings. The van der Waals surface area contributed by atoms with E-state index in [-0.39, 0.29) is 22.8 Å². The molecule has 4 nitrogen and oxygen atoms in total. The van der Waals surface area contributed by atoms with Gasteiger partial charge in [0.15, 0.2) is 11.6 Å². The molecule has 0 aliphatic carbocycles. The van der Waals surface area contributed by atoms with E-state index in [1.54, 1.807) is 31.4 Å². The number of methoxy groups -OCH3 is 1. The molecule has 21 heavy (non-hydrogen) atoms. The van der Waals surface area contributed by atoms with Crippen molar-refractivity contribution in [2.75, 3.05) is 7.11 Å². The molecule has 2 aromatic carbocycles. The van der Waals surface area contributed by atoms with Gasteiger partial charge in [0.1, 0.15) is 12.4 Å². The molecule has 0 bridgehead atoms. The Bertz CT molecular complexity index is 619. The van der Waals surface area contributed by atoms with Crippen LogP contribution in [0.25, 0.3) is 0 Å². The van der Waals surface area contributed by atoms with Crippen LogP contribution in [0.2, 0.25) is 5.02 Å². The highest BCUT2D eigenvalue weighted by Gasteiger charge is 2.21. The molecule has 0 amide bonds. The van der Waals surface area contributed by atoms with Crippen LogP contribution in [-0.2, 0) is 6.61 Å². The maximum atomic E-state index is 13.7. The molecule has 0 atom stereocenters. The zero-order valence-corrected chi connectivity index (χ0v) is 12.0. The van der Waals surface area contributed by atoms with Gasteiger partial charge in [-0.2, -0.15) is 0 Å². The van der Waals surface area contributed by atoms with Gasteiger partial charge >= 0.3 is 7.12 Å². The highest BCUT2D eigenvalue weighted by Crippen LogP contribution is 2.27. The van der Waals surface area contributed by atoms with Gasteiger partial charge in [-0.1, -0.05) is 29.8 Å². The number of ether oxygens (including phenoxy) is 2. The predicted octanol–water partition coefficient (Wildman–Crippen LogP) is 1.75. The average Bonchev–Trinajstić information content (AvgIpc) is 2.47. The van der Waals surface area contributed by atoms with Crippen LogP contribution in [0.15, 0.2) is 36.4 Å². The second-order valence-electron chi connectivity index (χ2n) is 4.29. The summed E-state index contributed by atoms with van der Waals surface area (Å²) in [5.74, 6) is -0.177. The Kier molecular flexibility index (Phi) is 5.06. The normalized spacial score (nSPS) is 10.3. The Morgan fingerprint density at radius 3 is 2.38 bits per heavy atom. The van der Waals surface area contributed by atoms with Crippen LogP contribution in [0.5, 0.6) is 11.5 Å². The molecule has 2 N–H and O–H groups in total. The lowest BCUT2D eigenvalue weighted by molar-refractivity contribution is 0.290. The van der Waals surface area contributed by atoms with E-state index in [2.05, 4.69) is 0 Å². The molecule has 0 heterocycles. The van der Waals surface area contributed by atoms with Crippen molar-refractivity contribution in [3.8, 4) is 11.5 Å². The largest absolute Gasteiger partial charge is 0.497 e. The standard InChI is InChI=1S/C14H13BClFO4/c1-20-10-4-2-9(3-5-10)8-21-14-12(17)7-6-11(13(14)16)15(18)19/h2-7,18-19H,8H2,1H3. The zero-order chi connectivity index (χ0) is 15.4. The summed E-state index contributed by atoms with van der Waals surface area (Å²) in [4.78, 5) is 0. The summed E-state index contributed by atoms with van der Waals surface area (Å²) in [5, 5.41) is 18.1. The van der Waals surface area contributed by atoms with Crippen LogP contribution >= 0.6 is 11.6 Å². The van der Waals surface area contributed by atoms with E-state index in [0.717, 1.165) is 11.6 Å². The van der Waals surface area contributed by atoms with Gasteiger partial charge in [-0.05, 0) is 23.8 Å². The highest BCUT2D eigenvalue weighted by atomic mass is 35.5. The summed E-state index contributed by atoms with van der Waals surface area (Å²) in [7, 11) is -0.228. The van der Waals surface area contributed by atoms with Gasteiger partial charge in [0.05, 0.1) is 12.1 Å². The van der Waals surface area contributed by atoms with Gasteiger partial charge < -0.3 is 19.5 Å². The fourth-order valence-corrected chi connectivity index (χ4v) is 2.06. The summed E-state index contributed by atoms with van der Waals surface area (Å²) in [6.07, 6.45) is 0. The summed E-state index contributed by atoms with van der Waals surface area (Å²) < 4.78 is 24.1. The zero-order valence-electron chi connectivity index (χ0n) is 11.2. The molecule has 0 spiro atoms. The van der Waals surface area contributed by atoms with Crippen LogP contribution in [-0.4, -0.2) is 24.3 Å². The van der Waals surface area contributed by atoms with Crippen LogP contribution in [0, 0.1) is 5.82 Å². The molecule has 7 heteroatoms. The summed E-state index contributed by atoms with van der Waals surface area (Å²) in [6.45, 7) is 0.0889. The quantitative estimate of drug-likeness (QED) is 0.826. The fraction of sp³-hybridized carbons (Fsp3) is 0.143. The molecule has 110 valence electrons. The van der Waals surface area contributed by atoms with E-state index in [1.807, 2.05) is 0 Å². The molecule has 2 aromatic rings. The third kappa shape index (κ3) is 3.67. The van der Waals surface area contributed by atoms with Crippen molar-refractivity contribution < 1.29 is 23.9 Å². The van der Waals surface area contributed by atoms with Crippen LogP contribution < -0.4 is 14.9 Å². The maximum absolute atomic E-state index is 13.7. The van der Waals surface area contributed by atoms with Gasteiger partial charge in [0, 0.05) is 5.46 Å². The van der Waals surface area contributed by atoms with Crippen molar-refractivity contribution in [3.05, 3.63) is 52.8 Å². The SMILES string of the molecule is COc1ccc(COc2c(F)ccc(B(O)O)c2Cl)cc1. The predicted molar refractivity (Wildman–Crippen MR) is 78.6 cm³/mol. The monoisotopic (exact) mass is 310 g/mol. The Labute approximate surface area is 126 Å². The topological polar surface area (TPSA) is 58.9 Å². The Morgan fingerprint density at radius 2 is 1.81 bits per heavy atom. The van der Waals surface area contributed by atoms with E-state index in [9.17, 15) is 4.39 Å². The van der Waals surface area contributed by atoms with Crippen LogP contribution in [0.3, 0.4) is 0 Å². The molecule has 0 aromatic heterocycles. The van der Waals surface area contributed by atoms with E-state index < -0.39 is 12.9 Å². The lowest BCUT2D eigenvalue weighted by Crippen LogP contribution is -2.31. The number of hydrogen-bond acceptors (Lipinski definition) is 4. The first-order valence-electron chi connectivity index (χ1n) is 6.12. The molecule has 2 rings (SSSR count). The first-order chi connectivity index (χ1) is 10.0. The first-order valence-corrected chi connectivity index (χ1v) is 6.50. The van der Waals surface area contributed by atoms with Gasteiger partial charge in [0.2, 0.25) is 0 Å². The van der Waals surface area contributed by atoms with Crippen molar-refractivity contribution in [2.24, 2.45) is 0 Å². The minimum atomic E-state index is -1.79. The number of hydrogen-bond donors (Lipinski definition) is 2. The summed E-state index contributed by atoms with van der Waals surface area (Å²) in [6, 6.07) is 9.33. The van der Waals surface area contributed by atoms with Gasteiger partial charge in [-0.3, -0.25) is 0 Å². The minimum absolute atomic E-state index is 0.0113. The van der Waals surface area contributed by atoms with Crippen LogP contribution in [0.1, 0.15) is 5.56 Å². The average molecular weight is 311 g/mol. The maximum Gasteiger partial charge on any atom is 0.490 e. The first kappa shape index (κ1) is 15.6. The number of rotatable bonds is 5. The second kappa shape index (κ2) is 6.80. The van der Waals surface area contributed by atoms with Crippen molar-refractivity contribution in [3.63, 3.8) is 0 Å². The molecule has 0 aliphatic heterocycles. The molecule has 0 aliphatic rings. The number of benzene rings is 2. The minimum Gasteiger partial charge on any atom is -0.497 e. The Morgan fingerprint density at radius 1 is 1.14 bits per heavy atom.